The van der Waals surface area contributed by atoms with E-state index < -0.39 is 0 Å². The average molecular weight is 552 g/mol. The zero-order valence-corrected chi connectivity index (χ0v) is 22.5. The number of aromatic nitrogens is 2. The fourth-order valence-electron chi connectivity index (χ4n) is 4.02. The van der Waals surface area contributed by atoms with Crippen molar-refractivity contribution >= 4 is 45.2 Å². The Hall–Kier alpha value is -2.63. The minimum atomic E-state index is -0.207. The minimum absolute atomic E-state index is 0.207. The molecule has 1 atom stereocenters. The number of nitrogens with zero attached hydrogens (tertiary/aromatic N) is 2. The largest absolute Gasteiger partial charge is 0.306 e. The summed E-state index contributed by atoms with van der Waals surface area (Å²) in [7, 11) is 0. The van der Waals surface area contributed by atoms with Gasteiger partial charge in [-0.2, -0.15) is 0 Å². The van der Waals surface area contributed by atoms with Crippen LogP contribution in [0, 0.1) is 12.7 Å². The molecule has 0 aliphatic carbocycles. The van der Waals surface area contributed by atoms with Crippen LogP contribution in [0.1, 0.15) is 24.5 Å². The number of allylic oxidation sites excluding steroid dienone is 1. The topological polar surface area (TPSA) is 17.8 Å². The number of alkyl halides is 1. The minimum Gasteiger partial charge on any atom is -0.306 e. The molecule has 0 fully saturated rings. The summed E-state index contributed by atoms with van der Waals surface area (Å²) < 4.78 is 14.6. The van der Waals surface area contributed by atoms with E-state index in [0.29, 0.717) is 4.83 Å². The number of hydrogen-bond acceptors (Lipinski definition) is 1. The maximum Gasteiger partial charge on any atom is 0.214 e. The van der Waals surface area contributed by atoms with Crippen molar-refractivity contribution in [2.24, 2.45) is 0 Å². The molecule has 0 radical (unpaired) electrons. The molecule has 0 bridgehead atoms. The summed E-state index contributed by atoms with van der Waals surface area (Å²) >= 11 is 10.3. The Balaban J connectivity index is 0.000000223. The van der Waals surface area contributed by atoms with E-state index in [9.17, 15) is 4.39 Å². The number of imidazole rings is 1. The normalized spacial score (nSPS) is 11.3. The Morgan fingerprint density at radius 2 is 1.91 bits per heavy atom. The van der Waals surface area contributed by atoms with Gasteiger partial charge in [-0.15, -0.1) is 6.58 Å². The van der Waals surface area contributed by atoms with Crippen molar-refractivity contribution in [1.29, 1.82) is 0 Å². The molecule has 6 heteroatoms. The summed E-state index contributed by atoms with van der Waals surface area (Å²) in [6.45, 7) is 8.23. The predicted octanol–water partition coefficient (Wildman–Crippen LogP) is 7.17. The molecule has 4 rings (SSSR count). The first-order chi connectivity index (χ1) is 16.9. The lowest BCUT2D eigenvalue weighted by molar-refractivity contribution is 0.626. The maximum atomic E-state index is 12.8. The lowest BCUT2D eigenvalue weighted by Crippen LogP contribution is -2.42. The van der Waals surface area contributed by atoms with Gasteiger partial charge in [0.1, 0.15) is 5.82 Å². The van der Waals surface area contributed by atoms with Crippen LogP contribution in [0.2, 0.25) is 11.3 Å². The third kappa shape index (κ3) is 7.68. The number of hydrogen-bond donors (Lipinski definition) is 0. The number of benzene rings is 3. The van der Waals surface area contributed by atoms with E-state index >= 15 is 0 Å². The highest BCUT2D eigenvalue weighted by atomic mass is 79.9. The first-order valence-electron chi connectivity index (χ1n) is 11.7. The molecule has 0 saturated heterocycles. The number of aryl methyl sites for hydroxylation is 2. The van der Waals surface area contributed by atoms with Crippen molar-refractivity contribution in [3.8, 4) is 5.69 Å². The van der Waals surface area contributed by atoms with Crippen molar-refractivity contribution in [3.05, 3.63) is 120 Å². The van der Waals surface area contributed by atoms with Crippen molar-refractivity contribution in [2.45, 2.75) is 37.8 Å². The summed E-state index contributed by atoms with van der Waals surface area (Å²) in [4.78, 5) is 4.44. The highest BCUT2D eigenvalue weighted by molar-refractivity contribution is 9.09. The third-order valence-corrected chi connectivity index (χ3v) is 6.76. The fourth-order valence-corrected chi connectivity index (χ4v) is 4.60. The first-order valence-corrected chi connectivity index (χ1v) is 13.0. The summed E-state index contributed by atoms with van der Waals surface area (Å²) in [6, 6.07) is 21.6. The van der Waals surface area contributed by atoms with Crippen LogP contribution in [0.4, 0.5) is 4.39 Å². The monoisotopic (exact) mass is 550 g/mol. The highest BCUT2D eigenvalue weighted by Crippen LogP contribution is 2.19. The molecule has 1 aromatic heterocycles. The summed E-state index contributed by atoms with van der Waals surface area (Å²) in [6.07, 6.45) is 10.2. The van der Waals surface area contributed by atoms with Gasteiger partial charge in [0.05, 0.1) is 6.33 Å². The lowest BCUT2D eigenvalue weighted by atomic mass is 9.38. The van der Waals surface area contributed by atoms with Crippen LogP contribution in [-0.2, 0) is 6.42 Å². The number of rotatable bonds is 8. The second kappa shape index (κ2) is 13.5. The molecule has 1 heterocycles. The Morgan fingerprint density at radius 1 is 1.14 bits per heavy atom. The molecule has 0 aliphatic heterocycles. The van der Waals surface area contributed by atoms with Crippen LogP contribution in [0.5, 0.6) is 0 Å². The molecule has 0 amide bonds. The van der Waals surface area contributed by atoms with Gasteiger partial charge in [-0.3, -0.25) is 0 Å². The molecule has 35 heavy (non-hydrogen) atoms. The van der Waals surface area contributed by atoms with Crippen LogP contribution in [0.15, 0.2) is 98.1 Å². The van der Waals surface area contributed by atoms with E-state index in [-0.39, 0.29) is 12.5 Å². The molecular formula is C29H30BBrClFN2. The maximum absolute atomic E-state index is 12.8. The van der Waals surface area contributed by atoms with E-state index in [4.69, 9.17) is 11.6 Å². The molecule has 3 aromatic carbocycles. The molecule has 0 N–H and O–H groups in total. The molecular weight excluding hydrogens is 522 g/mol. The summed E-state index contributed by atoms with van der Waals surface area (Å²) in [5.74, 6) is -0.207. The molecule has 1 unspecified atom stereocenters. The second-order valence-electron chi connectivity index (χ2n) is 8.53. The lowest BCUT2D eigenvalue weighted by Gasteiger charge is -2.17. The third-order valence-electron chi connectivity index (χ3n) is 5.84. The Kier molecular flexibility index (Phi) is 10.4. The highest BCUT2D eigenvalue weighted by Gasteiger charge is 2.21. The van der Waals surface area contributed by atoms with Gasteiger partial charge < -0.3 is 4.57 Å². The van der Waals surface area contributed by atoms with Gasteiger partial charge in [-0.25, -0.2) is 9.37 Å². The van der Waals surface area contributed by atoms with Gasteiger partial charge in [0, 0.05) is 27.9 Å². The summed E-state index contributed by atoms with van der Waals surface area (Å²) in [5.41, 5.74) is 5.58. The predicted molar refractivity (Wildman–Crippen MR) is 153 cm³/mol. The summed E-state index contributed by atoms with van der Waals surface area (Å²) in [5, 5.41) is 0.909. The fraction of sp³-hybridized carbons (Fsp3) is 0.207. The van der Waals surface area contributed by atoms with Gasteiger partial charge in [-0.05, 0) is 55.4 Å². The zero-order chi connectivity index (χ0) is 25.2. The first kappa shape index (κ1) is 27.0. The van der Waals surface area contributed by atoms with Crippen LogP contribution in [-0.4, -0.2) is 21.1 Å². The van der Waals surface area contributed by atoms with Crippen molar-refractivity contribution in [1.82, 2.24) is 9.55 Å². The smallest absolute Gasteiger partial charge is 0.214 e. The van der Waals surface area contributed by atoms with E-state index in [0.717, 1.165) is 35.4 Å². The average Bonchev–Trinajstić information content (AvgIpc) is 3.38. The zero-order valence-electron chi connectivity index (χ0n) is 20.2. The van der Waals surface area contributed by atoms with Crippen molar-refractivity contribution in [2.75, 3.05) is 0 Å². The SMILES string of the molecule is C=CCB(c1ccccc1)c1cccc(CCC(C)Br)c1Cl.Cc1cc(F)ccc1-n1ccnc1. The quantitative estimate of drug-likeness (QED) is 0.129. The molecule has 0 saturated carbocycles. The van der Waals surface area contributed by atoms with Gasteiger partial charge in [0.15, 0.2) is 0 Å². The molecule has 4 aromatic rings. The Morgan fingerprint density at radius 3 is 2.54 bits per heavy atom. The Bertz CT molecular complexity index is 1210. The van der Waals surface area contributed by atoms with Crippen LogP contribution >= 0.6 is 27.5 Å². The molecule has 180 valence electrons. The van der Waals surface area contributed by atoms with Crippen LogP contribution in [0.3, 0.4) is 0 Å². The van der Waals surface area contributed by atoms with Gasteiger partial charge in [0.2, 0.25) is 6.71 Å². The van der Waals surface area contributed by atoms with E-state index in [1.165, 1.54) is 28.6 Å². The standard InChI is InChI=1S/C19H21BBrCl.C10H9FN2/c1-3-14-20(17-9-5-4-6-10-17)18-11-7-8-16(19(18)22)13-12-15(2)21;1-8-6-9(11)2-3-10(8)13-5-4-12-7-13/h3-11,15H,1,12-14H2,2H3;2-7H,1H3. The Labute approximate surface area is 222 Å². The van der Waals surface area contributed by atoms with Crippen LogP contribution < -0.4 is 10.9 Å². The molecule has 0 spiro atoms. The van der Waals surface area contributed by atoms with E-state index in [1.54, 1.807) is 18.6 Å². The van der Waals surface area contributed by atoms with Gasteiger partial charge in [0.25, 0.3) is 0 Å². The van der Waals surface area contributed by atoms with Crippen molar-refractivity contribution in [3.63, 3.8) is 0 Å². The number of halogens is 3. The van der Waals surface area contributed by atoms with E-state index in [1.807, 2.05) is 29.8 Å². The van der Waals surface area contributed by atoms with Gasteiger partial charge in [-0.1, -0.05) is 100.0 Å². The molecule has 0 aliphatic rings. The van der Waals surface area contributed by atoms with Crippen molar-refractivity contribution < 1.29 is 4.39 Å². The second-order valence-corrected chi connectivity index (χ2v) is 10.5. The van der Waals surface area contributed by atoms with Crippen LogP contribution in [0.25, 0.3) is 5.69 Å². The van der Waals surface area contributed by atoms with Gasteiger partial charge >= 0.3 is 0 Å². The van der Waals surface area contributed by atoms with E-state index in [2.05, 4.69) is 76.9 Å². The molecule has 2 nitrogen and oxygen atoms in total.